The molecule has 1 fully saturated rings. The Hall–Kier alpha value is -2.92. The molecule has 0 unspecified atom stereocenters. The van der Waals surface area contributed by atoms with Crippen LogP contribution in [0.1, 0.15) is 28.9 Å². The zero-order valence-electron chi connectivity index (χ0n) is 14.7. The van der Waals surface area contributed by atoms with Gasteiger partial charge in [0.15, 0.2) is 5.82 Å². The predicted molar refractivity (Wildman–Crippen MR) is 107 cm³/mol. The molecular formula is C21H19ClN4O. The Labute approximate surface area is 162 Å². The second-order valence-electron chi connectivity index (χ2n) is 6.56. The van der Waals surface area contributed by atoms with Gasteiger partial charge in [0.1, 0.15) is 11.5 Å². The Morgan fingerprint density at radius 2 is 1.78 bits per heavy atom. The van der Waals surface area contributed by atoms with Crippen LogP contribution in [-0.4, -0.2) is 21.9 Å². The molecule has 27 heavy (non-hydrogen) atoms. The Bertz CT molecular complexity index is 940. The topological polar surface area (TPSA) is 66.9 Å². The van der Waals surface area contributed by atoms with Crippen molar-refractivity contribution in [3.8, 4) is 11.4 Å². The number of aromatic nitrogens is 2. The quantitative estimate of drug-likeness (QED) is 0.671. The van der Waals surface area contributed by atoms with Crippen LogP contribution in [0.3, 0.4) is 0 Å². The molecule has 6 heteroatoms. The molecule has 1 aliphatic rings. The standard InChI is InChI=1S/C21H19ClN4O/c22-16-8-6-14(7-9-16)13-23-19-12-18(21(27)24-17-10-11-17)25-20(26-19)15-4-2-1-3-5-15/h1-9,12,17H,10-11,13H2,(H,24,27)(H,23,25,26). The van der Waals surface area contributed by atoms with Crippen LogP contribution < -0.4 is 10.6 Å². The number of carbonyl (C=O) groups excluding carboxylic acids is 1. The van der Waals surface area contributed by atoms with Gasteiger partial charge in [0.05, 0.1) is 0 Å². The molecule has 2 aromatic carbocycles. The average molecular weight is 379 g/mol. The first-order valence-electron chi connectivity index (χ1n) is 8.91. The summed E-state index contributed by atoms with van der Waals surface area (Å²) in [5.41, 5.74) is 2.31. The van der Waals surface area contributed by atoms with E-state index in [0.29, 0.717) is 28.9 Å². The van der Waals surface area contributed by atoms with Crippen molar-refractivity contribution >= 4 is 23.3 Å². The number of nitrogens with zero attached hydrogens (tertiary/aromatic N) is 2. The van der Waals surface area contributed by atoms with Gasteiger partial charge in [-0.05, 0) is 30.5 Å². The van der Waals surface area contributed by atoms with Gasteiger partial charge in [0.25, 0.3) is 5.91 Å². The van der Waals surface area contributed by atoms with Crippen LogP contribution in [-0.2, 0) is 6.54 Å². The van der Waals surface area contributed by atoms with Crippen molar-refractivity contribution in [3.05, 3.63) is 76.9 Å². The summed E-state index contributed by atoms with van der Waals surface area (Å²) in [6, 6.07) is 19.2. The molecule has 1 saturated carbocycles. The highest BCUT2D eigenvalue weighted by atomic mass is 35.5. The van der Waals surface area contributed by atoms with Crippen LogP contribution in [0.4, 0.5) is 5.82 Å². The summed E-state index contributed by atoms with van der Waals surface area (Å²) in [5.74, 6) is 0.976. The third-order valence-electron chi connectivity index (χ3n) is 4.29. The zero-order valence-corrected chi connectivity index (χ0v) is 15.4. The average Bonchev–Trinajstić information content (AvgIpc) is 3.52. The third-order valence-corrected chi connectivity index (χ3v) is 4.54. The van der Waals surface area contributed by atoms with E-state index in [4.69, 9.17) is 11.6 Å². The van der Waals surface area contributed by atoms with Gasteiger partial charge < -0.3 is 10.6 Å². The van der Waals surface area contributed by atoms with Gasteiger partial charge in [-0.25, -0.2) is 9.97 Å². The minimum Gasteiger partial charge on any atom is -0.366 e. The highest BCUT2D eigenvalue weighted by molar-refractivity contribution is 6.30. The molecule has 0 atom stereocenters. The monoisotopic (exact) mass is 378 g/mol. The van der Waals surface area contributed by atoms with Crippen molar-refractivity contribution in [2.75, 3.05) is 5.32 Å². The largest absolute Gasteiger partial charge is 0.366 e. The van der Waals surface area contributed by atoms with E-state index in [1.807, 2.05) is 54.6 Å². The van der Waals surface area contributed by atoms with Gasteiger partial charge in [0, 0.05) is 29.2 Å². The lowest BCUT2D eigenvalue weighted by Crippen LogP contribution is -2.26. The van der Waals surface area contributed by atoms with Crippen LogP contribution >= 0.6 is 11.6 Å². The highest BCUT2D eigenvalue weighted by Crippen LogP contribution is 2.21. The molecule has 1 aliphatic carbocycles. The van der Waals surface area contributed by atoms with Crippen molar-refractivity contribution < 1.29 is 4.79 Å². The molecule has 3 aromatic rings. The van der Waals surface area contributed by atoms with Gasteiger partial charge in [-0.15, -0.1) is 0 Å². The minimum absolute atomic E-state index is 0.161. The maximum absolute atomic E-state index is 12.5. The summed E-state index contributed by atoms with van der Waals surface area (Å²) in [6.45, 7) is 0.575. The lowest BCUT2D eigenvalue weighted by atomic mass is 10.2. The van der Waals surface area contributed by atoms with E-state index in [1.54, 1.807) is 6.07 Å². The fourth-order valence-electron chi connectivity index (χ4n) is 2.65. The SMILES string of the molecule is O=C(NC1CC1)c1cc(NCc2ccc(Cl)cc2)nc(-c2ccccc2)n1. The fraction of sp³-hybridized carbons (Fsp3) is 0.190. The molecule has 4 rings (SSSR count). The number of rotatable bonds is 6. The van der Waals surface area contributed by atoms with Gasteiger partial charge in [-0.3, -0.25) is 4.79 Å². The molecule has 0 bridgehead atoms. The van der Waals surface area contributed by atoms with E-state index in [9.17, 15) is 4.79 Å². The lowest BCUT2D eigenvalue weighted by Gasteiger charge is -2.11. The van der Waals surface area contributed by atoms with E-state index in [0.717, 1.165) is 24.0 Å². The van der Waals surface area contributed by atoms with Crippen LogP contribution in [0, 0.1) is 0 Å². The number of hydrogen-bond donors (Lipinski definition) is 2. The molecule has 136 valence electrons. The van der Waals surface area contributed by atoms with Crippen LogP contribution in [0.5, 0.6) is 0 Å². The summed E-state index contributed by atoms with van der Waals surface area (Å²) in [4.78, 5) is 21.6. The lowest BCUT2D eigenvalue weighted by molar-refractivity contribution is 0.0946. The van der Waals surface area contributed by atoms with E-state index in [2.05, 4.69) is 20.6 Å². The number of hydrogen-bond acceptors (Lipinski definition) is 4. The Balaban J connectivity index is 1.60. The fourth-order valence-corrected chi connectivity index (χ4v) is 2.78. The zero-order chi connectivity index (χ0) is 18.6. The van der Waals surface area contributed by atoms with E-state index >= 15 is 0 Å². The van der Waals surface area contributed by atoms with Gasteiger partial charge in [-0.2, -0.15) is 0 Å². The first kappa shape index (κ1) is 17.5. The van der Waals surface area contributed by atoms with Gasteiger partial charge in [-0.1, -0.05) is 54.1 Å². The first-order chi connectivity index (χ1) is 13.2. The molecule has 0 aliphatic heterocycles. The van der Waals surface area contributed by atoms with Crippen molar-refractivity contribution in [1.82, 2.24) is 15.3 Å². The maximum atomic E-state index is 12.5. The van der Waals surface area contributed by atoms with Gasteiger partial charge in [0.2, 0.25) is 0 Å². The first-order valence-corrected chi connectivity index (χ1v) is 9.29. The van der Waals surface area contributed by atoms with Crippen LogP contribution in [0.25, 0.3) is 11.4 Å². The van der Waals surface area contributed by atoms with Crippen molar-refractivity contribution in [1.29, 1.82) is 0 Å². The predicted octanol–water partition coefficient (Wildman–Crippen LogP) is 4.30. The van der Waals surface area contributed by atoms with Crippen molar-refractivity contribution in [2.24, 2.45) is 0 Å². The summed E-state index contributed by atoms with van der Waals surface area (Å²) < 4.78 is 0. The number of benzene rings is 2. The van der Waals surface area contributed by atoms with Crippen LogP contribution in [0.2, 0.25) is 5.02 Å². The third kappa shape index (κ3) is 4.63. The Morgan fingerprint density at radius 1 is 1.04 bits per heavy atom. The van der Waals surface area contributed by atoms with Crippen molar-refractivity contribution in [3.63, 3.8) is 0 Å². The minimum atomic E-state index is -0.161. The summed E-state index contributed by atoms with van der Waals surface area (Å²) >= 11 is 5.93. The number of nitrogens with one attached hydrogen (secondary N) is 2. The molecule has 1 heterocycles. The molecule has 0 radical (unpaired) electrons. The molecule has 1 amide bonds. The Kier molecular flexibility index (Phi) is 5.03. The highest BCUT2D eigenvalue weighted by Gasteiger charge is 2.25. The smallest absolute Gasteiger partial charge is 0.270 e. The summed E-state index contributed by atoms with van der Waals surface area (Å²) in [6.07, 6.45) is 2.06. The number of amides is 1. The number of anilines is 1. The van der Waals surface area contributed by atoms with E-state index in [1.165, 1.54) is 0 Å². The number of carbonyl (C=O) groups is 1. The van der Waals surface area contributed by atoms with Crippen LogP contribution in [0.15, 0.2) is 60.7 Å². The van der Waals surface area contributed by atoms with Crippen molar-refractivity contribution in [2.45, 2.75) is 25.4 Å². The van der Waals surface area contributed by atoms with E-state index in [-0.39, 0.29) is 11.9 Å². The molecule has 2 N–H and O–H groups in total. The number of halogens is 1. The normalized spacial score (nSPS) is 13.2. The maximum Gasteiger partial charge on any atom is 0.270 e. The van der Waals surface area contributed by atoms with E-state index < -0.39 is 0 Å². The molecule has 0 saturated heterocycles. The molecule has 1 aromatic heterocycles. The summed E-state index contributed by atoms with van der Waals surface area (Å²) in [7, 11) is 0. The Morgan fingerprint density at radius 3 is 2.48 bits per heavy atom. The van der Waals surface area contributed by atoms with Gasteiger partial charge >= 0.3 is 0 Å². The molecular weight excluding hydrogens is 360 g/mol. The second-order valence-corrected chi connectivity index (χ2v) is 6.99. The molecule has 5 nitrogen and oxygen atoms in total. The summed E-state index contributed by atoms with van der Waals surface area (Å²) in [5, 5.41) is 6.97. The molecule has 0 spiro atoms. The second kappa shape index (κ2) is 7.76.